The number of fused-ring (bicyclic) bond motifs is 1. The Morgan fingerprint density at radius 1 is 1.37 bits per heavy atom. The summed E-state index contributed by atoms with van der Waals surface area (Å²) >= 11 is 0. The molecule has 0 unspecified atom stereocenters. The molecule has 1 saturated heterocycles. The molecule has 3 atom stereocenters. The monoisotopic (exact) mass is 263 g/mol. The molecule has 0 saturated carbocycles. The molecule has 2 aromatic rings. The van der Waals surface area contributed by atoms with E-state index in [4.69, 9.17) is 10.5 Å². The number of hydrogen-bond donors (Lipinski definition) is 3. The quantitative estimate of drug-likeness (QED) is 0.638. The molecule has 1 aliphatic heterocycles. The smallest absolute Gasteiger partial charge is 0.207 e. The number of aliphatic hydroxyl groups is 2. The van der Waals surface area contributed by atoms with Crippen LogP contribution in [-0.4, -0.2) is 41.9 Å². The number of ether oxygens (including phenoxy) is 1. The predicted octanol–water partition coefficient (Wildman–Crippen LogP) is -0.437. The first-order chi connectivity index (χ1) is 9.13. The summed E-state index contributed by atoms with van der Waals surface area (Å²) in [5, 5.41) is 19.8. The highest BCUT2D eigenvalue weighted by Crippen LogP contribution is 2.33. The van der Waals surface area contributed by atoms with Crippen molar-refractivity contribution in [2.75, 3.05) is 5.73 Å². The van der Waals surface area contributed by atoms with Gasteiger partial charge in [-0.1, -0.05) is 0 Å². The molecule has 0 aromatic carbocycles. The summed E-state index contributed by atoms with van der Waals surface area (Å²) in [6.45, 7) is 1.72. The molecule has 3 heterocycles. The van der Waals surface area contributed by atoms with Crippen LogP contribution in [0.5, 0.6) is 0 Å². The zero-order valence-corrected chi connectivity index (χ0v) is 10.1. The Morgan fingerprint density at radius 3 is 2.84 bits per heavy atom. The van der Waals surface area contributed by atoms with Gasteiger partial charge < -0.3 is 20.7 Å². The van der Waals surface area contributed by atoms with E-state index in [1.54, 1.807) is 13.0 Å². The van der Waals surface area contributed by atoms with Crippen LogP contribution in [0.15, 0.2) is 24.5 Å². The molecule has 0 amide bonds. The number of allylic oxidation sites excluding steroid dienone is 1. The first-order valence-corrected chi connectivity index (χ1v) is 5.75. The summed E-state index contributed by atoms with van der Waals surface area (Å²) in [6, 6.07) is 0. The van der Waals surface area contributed by atoms with Crippen molar-refractivity contribution >= 4 is 17.0 Å². The number of nitrogens with two attached hydrogens (primary N) is 1. The fourth-order valence-electron chi connectivity index (χ4n) is 2.12. The Labute approximate surface area is 108 Å². The van der Waals surface area contributed by atoms with Gasteiger partial charge in [-0.15, -0.1) is 0 Å². The first kappa shape index (κ1) is 11.9. The van der Waals surface area contributed by atoms with Gasteiger partial charge in [-0.25, -0.2) is 15.0 Å². The lowest BCUT2D eigenvalue weighted by atomic mass is 10.2. The van der Waals surface area contributed by atoms with Crippen LogP contribution in [0.1, 0.15) is 13.2 Å². The predicted molar refractivity (Wildman–Crippen MR) is 65.6 cm³/mol. The molecular weight excluding hydrogens is 250 g/mol. The molecule has 100 valence electrons. The second-order valence-electron chi connectivity index (χ2n) is 4.22. The molecule has 1 aliphatic rings. The average molecular weight is 263 g/mol. The number of aliphatic hydroxyl groups excluding tert-OH is 2. The third-order valence-corrected chi connectivity index (χ3v) is 3.11. The molecular formula is C11H13N5O3. The molecule has 1 fully saturated rings. The summed E-state index contributed by atoms with van der Waals surface area (Å²) in [6.07, 6.45) is 1.42. The number of aromatic nitrogens is 4. The standard InChI is InChI=1S/C11H13N5O3/c1-2-5-7(17)8(18)11(19-5)16-4-15-6-9(12)13-3-14-10(6)16/h2-4,7-8,11,17-18H,1H3,(H2,12,13,14)/b5-2+/t7-,8-,11-/m1/s1. The lowest BCUT2D eigenvalue weighted by molar-refractivity contribution is -0.0118. The van der Waals surface area contributed by atoms with Crippen molar-refractivity contribution in [2.24, 2.45) is 0 Å². The minimum absolute atomic E-state index is 0.253. The normalized spacial score (nSPS) is 29.0. The fraction of sp³-hybridized carbons (Fsp3) is 0.364. The van der Waals surface area contributed by atoms with Crippen molar-refractivity contribution in [3.8, 4) is 0 Å². The van der Waals surface area contributed by atoms with E-state index in [-0.39, 0.29) is 5.82 Å². The Hall–Kier alpha value is -2.19. The van der Waals surface area contributed by atoms with Gasteiger partial charge in [-0.2, -0.15) is 0 Å². The lowest BCUT2D eigenvalue weighted by Crippen LogP contribution is -2.27. The van der Waals surface area contributed by atoms with E-state index in [0.29, 0.717) is 16.9 Å². The topological polar surface area (TPSA) is 119 Å². The van der Waals surface area contributed by atoms with Crippen LogP contribution in [-0.2, 0) is 4.74 Å². The second kappa shape index (κ2) is 4.18. The van der Waals surface area contributed by atoms with Crippen LogP contribution in [0.25, 0.3) is 11.2 Å². The molecule has 4 N–H and O–H groups in total. The number of nitrogens with zero attached hydrogens (tertiary/aromatic N) is 4. The average Bonchev–Trinajstić information content (AvgIpc) is 2.94. The second-order valence-corrected chi connectivity index (χ2v) is 4.22. The van der Waals surface area contributed by atoms with Gasteiger partial charge in [0.25, 0.3) is 0 Å². The van der Waals surface area contributed by atoms with Crippen LogP contribution >= 0.6 is 0 Å². The highest BCUT2D eigenvalue weighted by Gasteiger charge is 2.41. The molecule has 2 aromatic heterocycles. The van der Waals surface area contributed by atoms with Gasteiger partial charge in [-0.05, 0) is 13.0 Å². The van der Waals surface area contributed by atoms with Crippen molar-refractivity contribution in [1.82, 2.24) is 19.5 Å². The summed E-state index contributed by atoms with van der Waals surface area (Å²) < 4.78 is 7.04. The van der Waals surface area contributed by atoms with Crippen LogP contribution in [0.4, 0.5) is 5.82 Å². The minimum atomic E-state index is -1.10. The van der Waals surface area contributed by atoms with Crippen molar-refractivity contribution < 1.29 is 14.9 Å². The van der Waals surface area contributed by atoms with Crippen LogP contribution in [0.2, 0.25) is 0 Å². The maximum absolute atomic E-state index is 10.0. The summed E-state index contributed by atoms with van der Waals surface area (Å²) in [5.41, 5.74) is 6.57. The molecule has 19 heavy (non-hydrogen) atoms. The SMILES string of the molecule is C/C=C1/O[C@@H](n2cnc3c(N)ncnc32)[C@H](O)[C@@H]1O. The van der Waals surface area contributed by atoms with E-state index in [1.165, 1.54) is 17.2 Å². The van der Waals surface area contributed by atoms with Crippen molar-refractivity contribution in [1.29, 1.82) is 0 Å². The van der Waals surface area contributed by atoms with Gasteiger partial charge >= 0.3 is 0 Å². The number of nitrogen functional groups attached to an aromatic ring is 1. The Morgan fingerprint density at radius 2 is 2.16 bits per heavy atom. The van der Waals surface area contributed by atoms with E-state index in [0.717, 1.165) is 0 Å². The number of anilines is 1. The molecule has 0 spiro atoms. The lowest BCUT2D eigenvalue weighted by Gasteiger charge is -2.15. The summed E-state index contributed by atoms with van der Waals surface area (Å²) in [5.74, 6) is 0.574. The number of imidazole rings is 1. The van der Waals surface area contributed by atoms with E-state index in [9.17, 15) is 10.2 Å². The van der Waals surface area contributed by atoms with Crippen molar-refractivity contribution in [2.45, 2.75) is 25.4 Å². The Kier molecular flexibility index (Phi) is 2.61. The molecule has 0 bridgehead atoms. The molecule has 0 aliphatic carbocycles. The van der Waals surface area contributed by atoms with Gasteiger partial charge in [0.15, 0.2) is 11.5 Å². The highest BCUT2D eigenvalue weighted by atomic mass is 16.5. The maximum atomic E-state index is 10.0. The van der Waals surface area contributed by atoms with E-state index in [1.807, 2.05) is 0 Å². The number of hydrogen-bond acceptors (Lipinski definition) is 7. The van der Waals surface area contributed by atoms with Crippen LogP contribution in [0, 0.1) is 0 Å². The third kappa shape index (κ3) is 1.65. The molecule has 8 heteroatoms. The first-order valence-electron chi connectivity index (χ1n) is 5.75. The van der Waals surface area contributed by atoms with Crippen LogP contribution < -0.4 is 5.73 Å². The maximum Gasteiger partial charge on any atom is 0.207 e. The Balaban J connectivity index is 2.09. The van der Waals surface area contributed by atoms with E-state index in [2.05, 4.69) is 15.0 Å². The summed E-state index contributed by atoms with van der Waals surface area (Å²) in [7, 11) is 0. The van der Waals surface area contributed by atoms with Gasteiger partial charge in [0.05, 0.1) is 0 Å². The zero-order valence-electron chi connectivity index (χ0n) is 10.1. The molecule has 3 rings (SSSR count). The van der Waals surface area contributed by atoms with Crippen LogP contribution in [0.3, 0.4) is 0 Å². The van der Waals surface area contributed by atoms with E-state index < -0.39 is 18.4 Å². The number of rotatable bonds is 1. The van der Waals surface area contributed by atoms with Gasteiger partial charge in [0, 0.05) is 0 Å². The zero-order chi connectivity index (χ0) is 13.6. The summed E-state index contributed by atoms with van der Waals surface area (Å²) in [4.78, 5) is 12.0. The van der Waals surface area contributed by atoms with Gasteiger partial charge in [0.1, 0.15) is 36.1 Å². The fourth-order valence-corrected chi connectivity index (χ4v) is 2.12. The van der Waals surface area contributed by atoms with Gasteiger partial charge in [-0.3, -0.25) is 4.57 Å². The van der Waals surface area contributed by atoms with Crippen molar-refractivity contribution in [3.63, 3.8) is 0 Å². The third-order valence-electron chi connectivity index (χ3n) is 3.11. The van der Waals surface area contributed by atoms with E-state index >= 15 is 0 Å². The highest BCUT2D eigenvalue weighted by molar-refractivity contribution is 5.81. The molecule has 0 radical (unpaired) electrons. The molecule has 8 nitrogen and oxygen atoms in total. The van der Waals surface area contributed by atoms with Gasteiger partial charge in [0.2, 0.25) is 6.23 Å². The Bertz CT molecular complexity index is 653. The largest absolute Gasteiger partial charge is 0.469 e. The van der Waals surface area contributed by atoms with Crippen molar-refractivity contribution in [3.05, 3.63) is 24.5 Å². The minimum Gasteiger partial charge on any atom is -0.469 e.